The van der Waals surface area contributed by atoms with E-state index in [0.29, 0.717) is 35.5 Å². The molecule has 0 saturated carbocycles. The molecule has 0 aromatic heterocycles. The maximum atomic E-state index is 12.5. The molecule has 1 atom stereocenters. The number of carbonyl (C=O) groups excluding carboxylic acids is 1. The summed E-state index contributed by atoms with van der Waals surface area (Å²) in [6.07, 6.45) is 0.247. The van der Waals surface area contributed by atoms with E-state index < -0.39 is 0 Å². The van der Waals surface area contributed by atoms with E-state index in [2.05, 4.69) is 19.2 Å². The van der Waals surface area contributed by atoms with Crippen LogP contribution in [0.1, 0.15) is 37.9 Å². The van der Waals surface area contributed by atoms with Gasteiger partial charge in [-0.2, -0.15) is 0 Å². The van der Waals surface area contributed by atoms with Gasteiger partial charge in [-0.05, 0) is 48.2 Å². The van der Waals surface area contributed by atoms with Crippen molar-refractivity contribution >= 4 is 5.91 Å². The topological polar surface area (TPSA) is 66.0 Å². The van der Waals surface area contributed by atoms with E-state index in [4.69, 9.17) is 18.9 Å². The second kappa shape index (κ2) is 10.6. The number of benzene rings is 2. The van der Waals surface area contributed by atoms with E-state index in [1.807, 2.05) is 37.3 Å². The first kappa shape index (κ1) is 22.4. The Balaban J connectivity index is 2.03. The number of amides is 1. The molecule has 158 valence electrons. The highest BCUT2D eigenvalue weighted by Gasteiger charge is 2.15. The lowest BCUT2D eigenvalue weighted by Crippen LogP contribution is -2.28. The monoisotopic (exact) mass is 401 g/mol. The molecule has 0 aliphatic heterocycles. The van der Waals surface area contributed by atoms with Crippen LogP contribution in [0.25, 0.3) is 0 Å². The van der Waals surface area contributed by atoms with Crippen molar-refractivity contribution < 1.29 is 23.7 Å². The minimum Gasteiger partial charge on any atom is -0.493 e. The lowest BCUT2D eigenvalue weighted by atomic mass is 10.1. The maximum absolute atomic E-state index is 12.5. The average molecular weight is 402 g/mol. The smallest absolute Gasteiger partial charge is 0.224 e. The minimum atomic E-state index is -0.171. The van der Waals surface area contributed by atoms with Crippen LogP contribution in [0.3, 0.4) is 0 Å². The standard InChI is InChI=1S/C23H31NO5/c1-15(2)14-29-20-10-8-18(13-22(20)28-6)16(3)24-23(25)12-17-7-9-19(26-4)21(11-17)27-5/h7-11,13,15-16H,12,14H2,1-6H3,(H,24,25). The van der Waals surface area contributed by atoms with Gasteiger partial charge in [-0.3, -0.25) is 4.79 Å². The lowest BCUT2D eigenvalue weighted by Gasteiger charge is -2.18. The highest BCUT2D eigenvalue weighted by Crippen LogP contribution is 2.31. The lowest BCUT2D eigenvalue weighted by molar-refractivity contribution is -0.121. The fourth-order valence-corrected chi connectivity index (χ4v) is 2.88. The molecule has 1 amide bonds. The zero-order valence-electron chi connectivity index (χ0n) is 18.1. The van der Waals surface area contributed by atoms with Gasteiger partial charge in [0, 0.05) is 0 Å². The van der Waals surface area contributed by atoms with Crippen molar-refractivity contribution in [2.24, 2.45) is 5.92 Å². The SMILES string of the molecule is COc1ccc(CC(=O)NC(C)c2ccc(OCC(C)C)c(OC)c2)cc1OC. The third-order valence-electron chi connectivity index (χ3n) is 4.45. The Morgan fingerprint density at radius 2 is 1.48 bits per heavy atom. The van der Waals surface area contributed by atoms with E-state index >= 15 is 0 Å². The Kier molecular flexibility index (Phi) is 8.19. The van der Waals surface area contributed by atoms with Crippen molar-refractivity contribution in [3.63, 3.8) is 0 Å². The first-order chi connectivity index (χ1) is 13.9. The molecule has 0 aliphatic rings. The molecule has 0 saturated heterocycles. The van der Waals surface area contributed by atoms with Crippen LogP contribution in [-0.2, 0) is 11.2 Å². The van der Waals surface area contributed by atoms with Crippen molar-refractivity contribution in [2.45, 2.75) is 33.2 Å². The van der Waals surface area contributed by atoms with Gasteiger partial charge in [-0.15, -0.1) is 0 Å². The number of hydrogen-bond acceptors (Lipinski definition) is 5. The quantitative estimate of drug-likeness (QED) is 0.647. The molecule has 0 heterocycles. The molecule has 2 aromatic carbocycles. The van der Waals surface area contributed by atoms with Gasteiger partial charge in [-0.1, -0.05) is 26.0 Å². The number of carbonyl (C=O) groups is 1. The van der Waals surface area contributed by atoms with E-state index in [1.54, 1.807) is 27.4 Å². The van der Waals surface area contributed by atoms with Crippen LogP contribution >= 0.6 is 0 Å². The zero-order chi connectivity index (χ0) is 21.4. The second-order valence-corrected chi connectivity index (χ2v) is 7.27. The maximum Gasteiger partial charge on any atom is 0.224 e. The summed E-state index contributed by atoms with van der Waals surface area (Å²) in [4.78, 5) is 12.5. The van der Waals surface area contributed by atoms with Gasteiger partial charge in [0.1, 0.15) is 0 Å². The summed E-state index contributed by atoms with van der Waals surface area (Å²) in [5.74, 6) is 2.94. The average Bonchev–Trinajstić information content (AvgIpc) is 2.71. The van der Waals surface area contributed by atoms with Crippen LogP contribution in [0.5, 0.6) is 23.0 Å². The van der Waals surface area contributed by atoms with Gasteiger partial charge < -0.3 is 24.3 Å². The van der Waals surface area contributed by atoms with Gasteiger partial charge in [0.15, 0.2) is 23.0 Å². The summed E-state index contributed by atoms with van der Waals surface area (Å²) in [5.41, 5.74) is 1.79. The summed E-state index contributed by atoms with van der Waals surface area (Å²) in [5, 5.41) is 3.02. The van der Waals surface area contributed by atoms with E-state index in [1.165, 1.54) is 0 Å². The van der Waals surface area contributed by atoms with Gasteiger partial charge in [-0.25, -0.2) is 0 Å². The molecule has 0 radical (unpaired) electrons. The van der Waals surface area contributed by atoms with Gasteiger partial charge >= 0.3 is 0 Å². The Bertz CT molecular complexity index is 819. The Morgan fingerprint density at radius 3 is 2.10 bits per heavy atom. The molecule has 0 bridgehead atoms. The third-order valence-corrected chi connectivity index (χ3v) is 4.45. The van der Waals surface area contributed by atoms with Crippen LogP contribution in [0, 0.1) is 5.92 Å². The fraction of sp³-hybridized carbons (Fsp3) is 0.435. The molecule has 1 N–H and O–H groups in total. The fourth-order valence-electron chi connectivity index (χ4n) is 2.88. The molecular formula is C23H31NO5. The first-order valence-corrected chi connectivity index (χ1v) is 9.68. The van der Waals surface area contributed by atoms with Crippen molar-refractivity contribution in [1.82, 2.24) is 5.32 Å². The largest absolute Gasteiger partial charge is 0.493 e. The summed E-state index contributed by atoms with van der Waals surface area (Å²) >= 11 is 0. The van der Waals surface area contributed by atoms with E-state index in [0.717, 1.165) is 11.1 Å². The Labute approximate surface area is 173 Å². The summed E-state index contributed by atoms with van der Waals surface area (Å²) in [7, 11) is 4.77. The van der Waals surface area contributed by atoms with E-state index in [9.17, 15) is 4.79 Å². The number of ether oxygens (including phenoxy) is 4. The molecule has 0 fully saturated rings. The van der Waals surface area contributed by atoms with Crippen molar-refractivity contribution in [1.29, 1.82) is 0 Å². The Hall–Kier alpha value is -2.89. The normalized spacial score (nSPS) is 11.7. The van der Waals surface area contributed by atoms with Crippen molar-refractivity contribution in [3.8, 4) is 23.0 Å². The second-order valence-electron chi connectivity index (χ2n) is 7.27. The summed E-state index contributed by atoms with van der Waals surface area (Å²) in [6.45, 7) is 6.75. The van der Waals surface area contributed by atoms with Gasteiger partial charge in [0.05, 0.1) is 40.4 Å². The Morgan fingerprint density at radius 1 is 0.862 bits per heavy atom. The zero-order valence-corrected chi connectivity index (χ0v) is 18.1. The molecule has 2 aromatic rings. The van der Waals surface area contributed by atoms with Crippen LogP contribution in [-0.4, -0.2) is 33.8 Å². The van der Waals surface area contributed by atoms with Crippen LogP contribution in [0.2, 0.25) is 0 Å². The molecular weight excluding hydrogens is 370 g/mol. The van der Waals surface area contributed by atoms with Crippen LogP contribution in [0.15, 0.2) is 36.4 Å². The predicted molar refractivity (Wildman–Crippen MR) is 113 cm³/mol. The van der Waals surface area contributed by atoms with Crippen LogP contribution in [0.4, 0.5) is 0 Å². The van der Waals surface area contributed by atoms with E-state index in [-0.39, 0.29) is 18.4 Å². The molecule has 29 heavy (non-hydrogen) atoms. The molecule has 6 heteroatoms. The van der Waals surface area contributed by atoms with Gasteiger partial charge in [0.2, 0.25) is 5.91 Å². The molecule has 2 rings (SSSR count). The molecule has 0 aliphatic carbocycles. The summed E-state index contributed by atoms with van der Waals surface area (Å²) in [6, 6.07) is 11.0. The first-order valence-electron chi connectivity index (χ1n) is 9.68. The number of nitrogens with one attached hydrogen (secondary N) is 1. The minimum absolute atomic E-state index is 0.0798. The molecule has 1 unspecified atom stereocenters. The highest BCUT2D eigenvalue weighted by molar-refractivity contribution is 5.79. The number of rotatable bonds is 10. The molecule has 0 spiro atoms. The molecule has 6 nitrogen and oxygen atoms in total. The van der Waals surface area contributed by atoms with Crippen molar-refractivity contribution in [3.05, 3.63) is 47.5 Å². The third kappa shape index (κ3) is 6.31. The van der Waals surface area contributed by atoms with Gasteiger partial charge in [0.25, 0.3) is 0 Å². The number of methoxy groups -OCH3 is 3. The highest BCUT2D eigenvalue weighted by atomic mass is 16.5. The van der Waals surface area contributed by atoms with Crippen molar-refractivity contribution in [2.75, 3.05) is 27.9 Å². The summed E-state index contributed by atoms with van der Waals surface area (Å²) < 4.78 is 21.8. The van der Waals surface area contributed by atoms with Crippen LogP contribution < -0.4 is 24.3 Å². The number of hydrogen-bond donors (Lipinski definition) is 1. The predicted octanol–water partition coefficient (Wildman–Crippen LogP) is 4.17.